The van der Waals surface area contributed by atoms with E-state index in [1.54, 1.807) is 0 Å². The zero-order valence-electron chi connectivity index (χ0n) is 8.68. The fourth-order valence-electron chi connectivity index (χ4n) is 0.503. The number of amides is 1. The Morgan fingerprint density at radius 2 is 1.92 bits per heavy atom. The molecule has 12 heavy (non-hydrogen) atoms. The summed E-state index contributed by atoms with van der Waals surface area (Å²) in [5, 5.41) is 2.95. The topological polar surface area (TPSA) is 55.1 Å². The normalized spacial score (nSPS) is 11.3. The van der Waals surface area contributed by atoms with E-state index in [-0.39, 0.29) is 11.8 Å². The van der Waals surface area contributed by atoms with Crippen LogP contribution in [0.25, 0.3) is 0 Å². The van der Waals surface area contributed by atoms with Crippen LogP contribution in [-0.2, 0) is 4.79 Å². The van der Waals surface area contributed by atoms with Gasteiger partial charge in [-0.2, -0.15) is 0 Å². The lowest BCUT2D eigenvalue weighted by atomic mass is 10.1. The molecule has 1 unspecified atom stereocenters. The Morgan fingerprint density at radius 1 is 1.50 bits per heavy atom. The molecule has 3 nitrogen and oxygen atoms in total. The van der Waals surface area contributed by atoms with Gasteiger partial charge in [0.05, 0.1) is 0 Å². The highest BCUT2D eigenvalue weighted by Crippen LogP contribution is 1.96. The van der Waals surface area contributed by atoms with E-state index in [4.69, 9.17) is 5.73 Å². The minimum Gasteiger partial charge on any atom is -0.369 e. The largest absolute Gasteiger partial charge is 0.369 e. The number of primary amides is 1. The Hall–Kier alpha value is -0.570. The van der Waals surface area contributed by atoms with Crippen LogP contribution in [0.2, 0.25) is 0 Å². The number of hydrogen-bond acceptors (Lipinski definition) is 2. The van der Waals surface area contributed by atoms with Gasteiger partial charge in [-0.15, -0.1) is 0 Å². The molecule has 3 N–H and O–H groups in total. The van der Waals surface area contributed by atoms with Crippen LogP contribution in [0.1, 0.15) is 33.6 Å². The van der Waals surface area contributed by atoms with E-state index < -0.39 is 0 Å². The fourth-order valence-corrected chi connectivity index (χ4v) is 0.503. The lowest BCUT2D eigenvalue weighted by molar-refractivity contribution is -0.121. The third-order valence-electron chi connectivity index (χ3n) is 1.31. The van der Waals surface area contributed by atoms with Crippen molar-refractivity contribution < 1.29 is 4.79 Å². The first-order chi connectivity index (χ1) is 5.59. The quantitative estimate of drug-likeness (QED) is 0.671. The lowest BCUT2D eigenvalue weighted by Crippen LogP contribution is -2.23. The van der Waals surface area contributed by atoms with Gasteiger partial charge in [0.2, 0.25) is 5.91 Å². The minimum atomic E-state index is -0.217. The van der Waals surface area contributed by atoms with Gasteiger partial charge in [0.1, 0.15) is 0 Å². The van der Waals surface area contributed by atoms with Crippen molar-refractivity contribution in [1.29, 1.82) is 0 Å². The van der Waals surface area contributed by atoms with Crippen LogP contribution < -0.4 is 11.1 Å². The molecule has 0 spiro atoms. The zero-order chi connectivity index (χ0) is 9.98. The summed E-state index contributed by atoms with van der Waals surface area (Å²) >= 11 is 0. The summed E-state index contributed by atoms with van der Waals surface area (Å²) < 4.78 is 0. The molecule has 0 aliphatic heterocycles. The van der Waals surface area contributed by atoms with Crippen molar-refractivity contribution >= 4 is 5.91 Å². The summed E-state index contributed by atoms with van der Waals surface area (Å²) in [6, 6.07) is 0. The van der Waals surface area contributed by atoms with E-state index in [0.717, 1.165) is 13.0 Å². The predicted molar refractivity (Wildman–Crippen MR) is 52.9 cm³/mol. The van der Waals surface area contributed by atoms with Gasteiger partial charge in [-0.25, -0.2) is 0 Å². The van der Waals surface area contributed by atoms with E-state index in [0.29, 0.717) is 0 Å². The smallest absolute Gasteiger partial charge is 0.220 e. The summed E-state index contributed by atoms with van der Waals surface area (Å²) in [6.45, 7) is 6.93. The minimum absolute atomic E-state index is 0.00236. The van der Waals surface area contributed by atoms with Crippen LogP contribution in [0, 0.1) is 5.92 Å². The zero-order valence-corrected chi connectivity index (χ0v) is 8.68. The van der Waals surface area contributed by atoms with Crippen molar-refractivity contribution in [2.75, 3.05) is 13.6 Å². The third kappa shape index (κ3) is 12.1. The second kappa shape index (κ2) is 10.4. The Balaban J connectivity index is 0. The molecule has 0 aromatic carbocycles. The molecule has 0 aliphatic rings. The Labute approximate surface area is 75.7 Å². The van der Waals surface area contributed by atoms with Crippen LogP contribution in [0.5, 0.6) is 0 Å². The number of carbonyl (C=O) groups excluding carboxylic acids is 1. The summed E-state index contributed by atoms with van der Waals surface area (Å²) in [5.74, 6) is -0.220. The lowest BCUT2D eigenvalue weighted by Gasteiger charge is -2.04. The molecule has 0 heterocycles. The van der Waals surface area contributed by atoms with Crippen LogP contribution >= 0.6 is 0 Å². The number of hydrogen-bond donors (Lipinski definition) is 2. The van der Waals surface area contributed by atoms with Crippen molar-refractivity contribution in [2.24, 2.45) is 11.7 Å². The summed E-state index contributed by atoms with van der Waals surface area (Å²) in [5.41, 5.74) is 5.01. The molecule has 0 aromatic rings. The first-order valence-corrected chi connectivity index (χ1v) is 4.53. The molecule has 1 atom stereocenters. The van der Waals surface area contributed by atoms with Gasteiger partial charge in [-0.1, -0.05) is 27.2 Å². The highest BCUT2D eigenvalue weighted by molar-refractivity contribution is 5.76. The molecule has 0 aromatic heterocycles. The first kappa shape index (κ1) is 14.0. The van der Waals surface area contributed by atoms with Gasteiger partial charge in [0, 0.05) is 5.92 Å². The Bertz CT molecular complexity index is 105. The third-order valence-corrected chi connectivity index (χ3v) is 1.31. The van der Waals surface area contributed by atoms with Gasteiger partial charge in [-0.3, -0.25) is 4.79 Å². The van der Waals surface area contributed by atoms with Crippen LogP contribution in [0.15, 0.2) is 0 Å². The highest BCUT2D eigenvalue weighted by atomic mass is 16.1. The molecule has 74 valence electrons. The monoisotopic (exact) mass is 174 g/mol. The van der Waals surface area contributed by atoms with Gasteiger partial charge in [-0.05, 0) is 20.0 Å². The first-order valence-electron chi connectivity index (χ1n) is 4.53. The molecular weight excluding hydrogens is 152 g/mol. The molecule has 0 aliphatic carbocycles. The average molecular weight is 174 g/mol. The standard InChI is InChI=1S/C6H14N2O.C3H8/c1-5(6(7)9)3-4-8-2;1-3-2/h5,8H,3-4H2,1-2H3,(H2,7,9);3H2,1-2H3. The molecular formula is C9H22N2O. The van der Waals surface area contributed by atoms with Crippen molar-refractivity contribution in [3.05, 3.63) is 0 Å². The summed E-state index contributed by atoms with van der Waals surface area (Å²) in [6.07, 6.45) is 2.08. The van der Waals surface area contributed by atoms with Gasteiger partial charge in [0.15, 0.2) is 0 Å². The van der Waals surface area contributed by atoms with Crippen molar-refractivity contribution in [2.45, 2.75) is 33.6 Å². The van der Waals surface area contributed by atoms with E-state index in [9.17, 15) is 4.79 Å². The molecule has 0 rings (SSSR count). The molecule has 3 heteroatoms. The molecule has 0 fully saturated rings. The Kier molecular flexibility index (Phi) is 12.2. The molecule has 0 saturated heterocycles. The number of carbonyl (C=O) groups is 1. The fraction of sp³-hybridized carbons (Fsp3) is 0.889. The van der Waals surface area contributed by atoms with Crippen LogP contribution in [0.4, 0.5) is 0 Å². The second-order valence-corrected chi connectivity index (χ2v) is 2.90. The van der Waals surface area contributed by atoms with E-state index in [1.807, 2.05) is 14.0 Å². The van der Waals surface area contributed by atoms with Gasteiger partial charge < -0.3 is 11.1 Å². The molecule has 0 radical (unpaired) electrons. The Morgan fingerprint density at radius 3 is 2.17 bits per heavy atom. The van der Waals surface area contributed by atoms with Crippen molar-refractivity contribution in [3.63, 3.8) is 0 Å². The molecule has 0 bridgehead atoms. The highest BCUT2D eigenvalue weighted by Gasteiger charge is 2.05. The maximum Gasteiger partial charge on any atom is 0.220 e. The molecule has 0 saturated carbocycles. The SMILES string of the molecule is CCC.CNCCC(C)C(N)=O. The summed E-state index contributed by atoms with van der Waals surface area (Å²) in [7, 11) is 1.85. The predicted octanol–water partition coefficient (Wildman–Crippen LogP) is 1.13. The van der Waals surface area contributed by atoms with Crippen molar-refractivity contribution in [1.82, 2.24) is 5.32 Å². The number of rotatable bonds is 4. The van der Waals surface area contributed by atoms with Crippen LogP contribution in [0.3, 0.4) is 0 Å². The van der Waals surface area contributed by atoms with Crippen molar-refractivity contribution in [3.8, 4) is 0 Å². The number of nitrogens with one attached hydrogen (secondary N) is 1. The number of nitrogens with two attached hydrogens (primary N) is 1. The average Bonchev–Trinajstić information content (AvgIpc) is 2.01. The maximum atomic E-state index is 10.4. The van der Waals surface area contributed by atoms with Gasteiger partial charge in [0.25, 0.3) is 0 Å². The summed E-state index contributed by atoms with van der Waals surface area (Å²) in [4.78, 5) is 10.4. The van der Waals surface area contributed by atoms with Gasteiger partial charge >= 0.3 is 0 Å². The van der Waals surface area contributed by atoms with E-state index in [2.05, 4.69) is 19.2 Å². The van der Waals surface area contributed by atoms with E-state index >= 15 is 0 Å². The van der Waals surface area contributed by atoms with E-state index in [1.165, 1.54) is 6.42 Å². The molecule has 1 amide bonds. The maximum absolute atomic E-state index is 10.4. The second-order valence-electron chi connectivity index (χ2n) is 2.90. The van der Waals surface area contributed by atoms with Crippen LogP contribution in [-0.4, -0.2) is 19.5 Å².